The van der Waals surface area contributed by atoms with Crippen molar-refractivity contribution in [2.45, 2.75) is 5.16 Å². The van der Waals surface area contributed by atoms with Gasteiger partial charge in [-0.2, -0.15) is 0 Å². The first kappa shape index (κ1) is 13.6. The van der Waals surface area contributed by atoms with Crippen LogP contribution in [-0.4, -0.2) is 26.2 Å². The third-order valence-electron chi connectivity index (χ3n) is 3.03. The number of amides is 1. The van der Waals surface area contributed by atoms with E-state index in [2.05, 4.69) is 15.3 Å². The minimum Gasteiger partial charge on any atom is -0.329 e. The summed E-state index contributed by atoms with van der Waals surface area (Å²) in [6.07, 6.45) is 5.32. The van der Waals surface area contributed by atoms with E-state index in [4.69, 9.17) is 0 Å². The highest BCUT2D eigenvalue weighted by Gasteiger charge is 2.08. The second-order valence-corrected chi connectivity index (χ2v) is 5.48. The van der Waals surface area contributed by atoms with Crippen molar-refractivity contribution >= 4 is 34.3 Å². The Labute approximate surface area is 126 Å². The van der Waals surface area contributed by atoms with E-state index >= 15 is 0 Å². The molecule has 5 nitrogen and oxygen atoms in total. The van der Waals surface area contributed by atoms with Gasteiger partial charge in [-0.05, 0) is 24.3 Å². The first-order valence-electron chi connectivity index (χ1n) is 6.48. The Morgan fingerprint density at radius 1 is 1.24 bits per heavy atom. The molecule has 106 valence electrons. The fourth-order valence-electron chi connectivity index (χ4n) is 2.02. The predicted molar refractivity (Wildman–Crippen MR) is 84.3 cm³/mol. The molecule has 21 heavy (non-hydrogen) atoms. The standard InChI is InChI=1S/C15H14N4OS/c1-19-9-8-17-15(19)21-10-14(20)18-13-6-2-5-12-11(13)4-3-7-16-12/h2-9H,10H2,1H3,(H,18,20). The lowest BCUT2D eigenvalue weighted by atomic mass is 10.2. The normalized spacial score (nSPS) is 10.7. The van der Waals surface area contributed by atoms with Crippen LogP contribution in [0.1, 0.15) is 0 Å². The number of benzene rings is 1. The second-order valence-electron chi connectivity index (χ2n) is 4.53. The molecule has 1 amide bonds. The summed E-state index contributed by atoms with van der Waals surface area (Å²) in [6.45, 7) is 0. The number of carbonyl (C=O) groups is 1. The average molecular weight is 298 g/mol. The molecule has 3 rings (SSSR count). The van der Waals surface area contributed by atoms with E-state index in [1.807, 2.05) is 48.1 Å². The number of rotatable bonds is 4. The van der Waals surface area contributed by atoms with Gasteiger partial charge in [0.2, 0.25) is 5.91 Å². The quantitative estimate of drug-likeness (QED) is 0.752. The van der Waals surface area contributed by atoms with Gasteiger partial charge in [0.05, 0.1) is 17.0 Å². The molecule has 0 fully saturated rings. The van der Waals surface area contributed by atoms with Crippen LogP contribution in [0.5, 0.6) is 0 Å². The zero-order chi connectivity index (χ0) is 14.7. The molecule has 0 bridgehead atoms. The van der Waals surface area contributed by atoms with Crippen LogP contribution >= 0.6 is 11.8 Å². The summed E-state index contributed by atoms with van der Waals surface area (Å²) < 4.78 is 1.89. The molecule has 0 radical (unpaired) electrons. The van der Waals surface area contributed by atoms with Crippen molar-refractivity contribution < 1.29 is 4.79 Å². The fourth-order valence-corrected chi connectivity index (χ4v) is 2.75. The highest BCUT2D eigenvalue weighted by Crippen LogP contribution is 2.22. The molecule has 2 heterocycles. The van der Waals surface area contributed by atoms with Gasteiger partial charge in [-0.15, -0.1) is 0 Å². The molecule has 1 aromatic carbocycles. The van der Waals surface area contributed by atoms with Crippen molar-refractivity contribution in [1.82, 2.24) is 14.5 Å². The van der Waals surface area contributed by atoms with Crippen LogP contribution in [0.25, 0.3) is 10.9 Å². The molecule has 0 saturated heterocycles. The summed E-state index contributed by atoms with van der Waals surface area (Å²) in [5, 5.41) is 4.69. The maximum absolute atomic E-state index is 12.1. The Morgan fingerprint density at radius 2 is 2.14 bits per heavy atom. The van der Waals surface area contributed by atoms with E-state index in [9.17, 15) is 4.79 Å². The zero-order valence-electron chi connectivity index (χ0n) is 11.5. The first-order valence-corrected chi connectivity index (χ1v) is 7.46. The summed E-state index contributed by atoms with van der Waals surface area (Å²) in [5.74, 6) is 0.265. The van der Waals surface area contributed by atoms with Gasteiger partial charge in [-0.1, -0.05) is 17.8 Å². The van der Waals surface area contributed by atoms with Crippen LogP contribution in [0, 0.1) is 0 Å². The number of aromatic nitrogens is 3. The monoisotopic (exact) mass is 298 g/mol. The van der Waals surface area contributed by atoms with E-state index < -0.39 is 0 Å². The number of nitrogens with one attached hydrogen (secondary N) is 1. The van der Waals surface area contributed by atoms with Crippen molar-refractivity contribution in [3.05, 3.63) is 48.9 Å². The average Bonchev–Trinajstić information content (AvgIpc) is 2.91. The van der Waals surface area contributed by atoms with Gasteiger partial charge < -0.3 is 9.88 Å². The third kappa shape index (κ3) is 3.05. The lowest BCUT2D eigenvalue weighted by Crippen LogP contribution is -2.14. The van der Waals surface area contributed by atoms with Gasteiger partial charge in [-0.3, -0.25) is 9.78 Å². The number of thioether (sulfide) groups is 1. The van der Waals surface area contributed by atoms with Crippen molar-refractivity contribution in [3.8, 4) is 0 Å². The highest BCUT2D eigenvalue weighted by molar-refractivity contribution is 7.99. The summed E-state index contributed by atoms with van der Waals surface area (Å²) in [5.41, 5.74) is 1.65. The molecular weight excluding hydrogens is 284 g/mol. The molecular formula is C15H14N4OS. The van der Waals surface area contributed by atoms with Gasteiger partial charge >= 0.3 is 0 Å². The number of carbonyl (C=O) groups excluding carboxylic acids is 1. The maximum atomic E-state index is 12.1. The molecule has 0 unspecified atom stereocenters. The van der Waals surface area contributed by atoms with Crippen LogP contribution in [0.2, 0.25) is 0 Å². The Bertz CT molecular complexity index is 779. The number of hydrogen-bond acceptors (Lipinski definition) is 4. The molecule has 2 aromatic heterocycles. The summed E-state index contributed by atoms with van der Waals surface area (Å²) in [6, 6.07) is 9.50. The summed E-state index contributed by atoms with van der Waals surface area (Å²) in [7, 11) is 1.91. The number of nitrogens with zero attached hydrogens (tertiary/aromatic N) is 3. The number of anilines is 1. The topological polar surface area (TPSA) is 59.8 Å². The van der Waals surface area contributed by atoms with E-state index in [-0.39, 0.29) is 5.91 Å². The van der Waals surface area contributed by atoms with Crippen LogP contribution in [-0.2, 0) is 11.8 Å². The van der Waals surface area contributed by atoms with Crippen LogP contribution < -0.4 is 5.32 Å². The Hall–Kier alpha value is -2.34. The SMILES string of the molecule is Cn1ccnc1SCC(=O)Nc1cccc2ncccc12. The number of hydrogen-bond donors (Lipinski definition) is 1. The van der Waals surface area contributed by atoms with Gasteiger partial charge in [0.25, 0.3) is 0 Å². The third-order valence-corrected chi connectivity index (χ3v) is 4.09. The van der Waals surface area contributed by atoms with Crippen molar-refractivity contribution in [1.29, 1.82) is 0 Å². The summed E-state index contributed by atoms with van der Waals surface area (Å²) >= 11 is 1.41. The molecule has 1 N–H and O–H groups in total. The Balaban J connectivity index is 1.70. The number of imidazole rings is 1. The minimum atomic E-state index is -0.0562. The van der Waals surface area contributed by atoms with Gasteiger partial charge in [0, 0.05) is 31.0 Å². The highest BCUT2D eigenvalue weighted by atomic mass is 32.2. The van der Waals surface area contributed by atoms with Crippen molar-refractivity contribution in [2.75, 3.05) is 11.1 Å². The molecule has 0 atom stereocenters. The number of aryl methyl sites for hydroxylation is 1. The molecule has 0 aliphatic carbocycles. The van der Waals surface area contributed by atoms with E-state index in [0.29, 0.717) is 5.75 Å². The predicted octanol–water partition coefficient (Wildman–Crippen LogP) is 2.70. The van der Waals surface area contributed by atoms with Crippen molar-refractivity contribution in [2.24, 2.45) is 7.05 Å². The van der Waals surface area contributed by atoms with E-state index in [1.165, 1.54) is 11.8 Å². The Morgan fingerprint density at radius 3 is 2.95 bits per heavy atom. The van der Waals surface area contributed by atoms with Gasteiger partial charge in [0.15, 0.2) is 5.16 Å². The first-order chi connectivity index (χ1) is 10.2. The van der Waals surface area contributed by atoms with Crippen LogP contribution in [0.15, 0.2) is 54.1 Å². The van der Waals surface area contributed by atoms with Crippen LogP contribution in [0.3, 0.4) is 0 Å². The second kappa shape index (κ2) is 5.97. The molecule has 0 spiro atoms. The largest absolute Gasteiger partial charge is 0.329 e. The molecule has 0 saturated carbocycles. The van der Waals surface area contributed by atoms with Gasteiger partial charge in [0.1, 0.15) is 0 Å². The maximum Gasteiger partial charge on any atom is 0.234 e. The Kier molecular flexibility index (Phi) is 3.87. The number of pyridine rings is 1. The lowest BCUT2D eigenvalue weighted by molar-refractivity contribution is -0.113. The molecule has 0 aliphatic rings. The van der Waals surface area contributed by atoms with Gasteiger partial charge in [-0.25, -0.2) is 4.98 Å². The minimum absolute atomic E-state index is 0.0562. The van der Waals surface area contributed by atoms with Crippen molar-refractivity contribution in [3.63, 3.8) is 0 Å². The number of fused-ring (bicyclic) bond motifs is 1. The fraction of sp³-hybridized carbons (Fsp3) is 0.133. The molecule has 3 aromatic rings. The zero-order valence-corrected chi connectivity index (χ0v) is 12.3. The lowest BCUT2D eigenvalue weighted by Gasteiger charge is -2.08. The van der Waals surface area contributed by atoms with E-state index in [1.54, 1.807) is 12.4 Å². The molecule has 0 aliphatic heterocycles. The smallest absolute Gasteiger partial charge is 0.234 e. The van der Waals surface area contributed by atoms with Crippen LogP contribution in [0.4, 0.5) is 5.69 Å². The van der Waals surface area contributed by atoms with E-state index in [0.717, 1.165) is 21.7 Å². The molecule has 6 heteroatoms. The summed E-state index contributed by atoms with van der Waals surface area (Å²) in [4.78, 5) is 20.5.